The summed E-state index contributed by atoms with van der Waals surface area (Å²) in [5.74, 6) is 0.0270. The van der Waals surface area contributed by atoms with Crippen molar-refractivity contribution in [1.82, 2.24) is 4.98 Å². The molecule has 3 N–H and O–H groups in total. The Balaban J connectivity index is 1.59. The first-order chi connectivity index (χ1) is 11.4. The molecule has 0 aliphatic heterocycles. The van der Waals surface area contributed by atoms with Gasteiger partial charge in [-0.25, -0.2) is 18.5 Å². The van der Waals surface area contributed by atoms with Crippen LogP contribution in [0.25, 0.3) is 10.2 Å². The van der Waals surface area contributed by atoms with Gasteiger partial charge in [0.2, 0.25) is 15.9 Å². The molecular formula is C15H13N3O3S3. The summed E-state index contributed by atoms with van der Waals surface area (Å²) in [6.45, 7) is 0. The van der Waals surface area contributed by atoms with Crippen molar-refractivity contribution in [3.63, 3.8) is 0 Å². The van der Waals surface area contributed by atoms with Gasteiger partial charge in [-0.3, -0.25) is 4.79 Å². The number of aromatic nitrogens is 1. The molecule has 3 rings (SSSR count). The smallest absolute Gasteiger partial charge is 0.238 e. The molecule has 0 aliphatic carbocycles. The highest BCUT2D eigenvalue weighted by Crippen LogP contribution is 2.29. The maximum atomic E-state index is 12.0. The number of thiazole rings is 1. The van der Waals surface area contributed by atoms with E-state index in [0.29, 0.717) is 5.69 Å². The molecule has 2 aromatic carbocycles. The van der Waals surface area contributed by atoms with Gasteiger partial charge in [-0.1, -0.05) is 23.9 Å². The van der Waals surface area contributed by atoms with Crippen LogP contribution >= 0.6 is 23.1 Å². The van der Waals surface area contributed by atoms with Gasteiger partial charge in [0, 0.05) is 5.69 Å². The van der Waals surface area contributed by atoms with Gasteiger partial charge in [0.1, 0.15) is 0 Å². The summed E-state index contributed by atoms with van der Waals surface area (Å²) < 4.78 is 24.3. The molecule has 0 saturated heterocycles. The molecule has 0 atom stereocenters. The quantitative estimate of drug-likeness (QED) is 0.664. The number of hydrogen-bond donors (Lipinski definition) is 2. The van der Waals surface area contributed by atoms with Crippen LogP contribution in [0.15, 0.2) is 57.8 Å². The molecule has 0 spiro atoms. The molecule has 0 bridgehead atoms. The average Bonchev–Trinajstić information content (AvgIpc) is 2.95. The predicted octanol–water partition coefficient (Wildman–Crippen LogP) is 2.67. The van der Waals surface area contributed by atoms with E-state index in [4.69, 9.17) is 5.14 Å². The SMILES string of the molecule is NS(=O)(=O)c1ccc(NC(=O)CSc2nc3ccccc3s2)cc1. The number of primary sulfonamides is 1. The van der Waals surface area contributed by atoms with Gasteiger partial charge in [-0.2, -0.15) is 0 Å². The Bertz CT molecular complexity index is 949. The molecular weight excluding hydrogens is 366 g/mol. The van der Waals surface area contributed by atoms with Gasteiger partial charge >= 0.3 is 0 Å². The van der Waals surface area contributed by atoms with Crippen molar-refractivity contribution >= 4 is 54.9 Å². The minimum Gasteiger partial charge on any atom is -0.325 e. The van der Waals surface area contributed by atoms with Crippen molar-refractivity contribution in [2.75, 3.05) is 11.1 Å². The van der Waals surface area contributed by atoms with Gasteiger partial charge in [0.15, 0.2) is 4.34 Å². The Labute approximate surface area is 147 Å². The van der Waals surface area contributed by atoms with Crippen LogP contribution in [-0.4, -0.2) is 25.1 Å². The Morgan fingerprint density at radius 2 is 1.88 bits per heavy atom. The molecule has 0 radical (unpaired) electrons. The van der Waals surface area contributed by atoms with Crippen LogP contribution in [0.1, 0.15) is 0 Å². The van der Waals surface area contributed by atoms with E-state index in [-0.39, 0.29) is 16.6 Å². The minimum atomic E-state index is -3.73. The zero-order chi connectivity index (χ0) is 17.2. The number of carbonyl (C=O) groups is 1. The fourth-order valence-electron chi connectivity index (χ4n) is 1.97. The van der Waals surface area contributed by atoms with E-state index in [1.165, 1.54) is 36.0 Å². The number of carbonyl (C=O) groups excluding carboxylic acids is 1. The number of para-hydroxylation sites is 1. The summed E-state index contributed by atoms with van der Waals surface area (Å²) in [5.41, 5.74) is 1.43. The Hall–Kier alpha value is -1.94. The molecule has 1 amide bonds. The van der Waals surface area contributed by atoms with E-state index in [1.54, 1.807) is 11.3 Å². The summed E-state index contributed by atoms with van der Waals surface area (Å²) in [7, 11) is -3.73. The molecule has 0 saturated carbocycles. The zero-order valence-electron chi connectivity index (χ0n) is 12.3. The van der Waals surface area contributed by atoms with Crippen molar-refractivity contribution in [2.45, 2.75) is 9.24 Å². The maximum absolute atomic E-state index is 12.0. The van der Waals surface area contributed by atoms with Crippen LogP contribution in [0.2, 0.25) is 0 Å². The van der Waals surface area contributed by atoms with Crippen LogP contribution in [0.5, 0.6) is 0 Å². The van der Waals surface area contributed by atoms with E-state index in [2.05, 4.69) is 10.3 Å². The molecule has 6 nitrogen and oxygen atoms in total. The third-order valence-electron chi connectivity index (χ3n) is 3.07. The second-order valence-corrected chi connectivity index (χ2v) is 8.67. The van der Waals surface area contributed by atoms with Crippen molar-refractivity contribution in [1.29, 1.82) is 0 Å². The highest BCUT2D eigenvalue weighted by atomic mass is 32.2. The molecule has 1 aromatic heterocycles. The largest absolute Gasteiger partial charge is 0.325 e. The number of sulfonamides is 1. The number of anilines is 1. The van der Waals surface area contributed by atoms with Crippen molar-refractivity contribution in [3.05, 3.63) is 48.5 Å². The lowest BCUT2D eigenvalue weighted by Crippen LogP contribution is -2.15. The number of rotatable bonds is 5. The first-order valence-electron chi connectivity index (χ1n) is 6.83. The molecule has 1 heterocycles. The standard InChI is InChI=1S/C15H13N3O3S3/c16-24(20,21)11-7-5-10(6-8-11)17-14(19)9-22-15-18-12-3-1-2-4-13(12)23-15/h1-8H,9H2,(H,17,19)(H2,16,20,21). The van der Waals surface area contributed by atoms with Crippen LogP contribution in [0.3, 0.4) is 0 Å². The second kappa shape index (κ2) is 6.89. The molecule has 0 fully saturated rings. The first-order valence-corrected chi connectivity index (χ1v) is 10.2. The predicted molar refractivity (Wildman–Crippen MR) is 96.8 cm³/mol. The van der Waals surface area contributed by atoms with Crippen LogP contribution in [-0.2, 0) is 14.8 Å². The monoisotopic (exact) mass is 379 g/mol. The van der Waals surface area contributed by atoms with E-state index in [0.717, 1.165) is 14.6 Å². The molecule has 0 aliphatic rings. The van der Waals surface area contributed by atoms with Crippen LogP contribution in [0, 0.1) is 0 Å². The van der Waals surface area contributed by atoms with Crippen LogP contribution < -0.4 is 10.5 Å². The number of nitrogens with two attached hydrogens (primary N) is 1. The van der Waals surface area contributed by atoms with Crippen molar-refractivity contribution in [3.8, 4) is 0 Å². The molecule has 9 heteroatoms. The van der Waals surface area contributed by atoms with Crippen molar-refractivity contribution in [2.24, 2.45) is 5.14 Å². The normalized spacial score (nSPS) is 11.5. The summed E-state index contributed by atoms with van der Waals surface area (Å²) in [4.78, 5) is 16.4. The lowest BCUT2D eigenvalue weighted by atomic mass is 10.3. The number of hydrogen-bond acceptors (Lipinski definition) is 6. The lowest BCUT2D eigenvalue weighted by molar-refractivity contribution is -0.113. The Kier molecular flexibility index (Phi) is 4.86. The lowest BCUT2D eigenvalue weighted by Gasteiger charge is -2.05. The third-order valence-corrected chi connectivity index (χ3v) is 6.18. The van der Waals surface area contributed by atoms with Crippen LogP contribution in [0.4, 0.5) is 5.69 Å². The molecule has 3 aromatic rings. The minimum absolute atomic E-state index is 0.00403. The zero-order valence-corrected chi connectivity index (χ0v) is 14.7. The fourth-order valence-corrected chi connectivity index (χ4v) is 4.35. The van der Waals surface area contributed by atoms with Gasteiger partial charge < -0.3 is 5.32 Å². The van der Waals surface area contributed by atoms with Gasteiger partial charge in [-0.05, 0) is 36.4 Å². The number of fused-ring (bicyclic) bond motifs is 1. The highest BCUT2D eigenvalue weighted by Gasteiger charge is 2.10. The summed E-state index contributed by atoms with van der Waals surface area (Å²) in [6, 6.07) is 13.5. The molecule has 0 unspecified atom stereocenters. The number of amides is 1. The Morgan fingerprint density at radius 3 is 2.54 bits per heavy atom. The summed E-state index contributed by atoms with van der Waals surface area (Å²) in [5, 5.41) is 7.73. The molecule has 24 heavy (non-hydrogen) atoms. The fraction of sp³-hybridized carbons (Fsp3) is 0.0667. The number of thioether (sulfide) groups is 1. The van der Waals surface area contributed by atoms with E-state index in [9.17, 15) is 13.2 Å². The van der Waals surface area contributed by atoms with Gasteiger partial charge in [0.05, 0.1) is 20.9 Å². The highest BCUT2D eigenvalue weighted by molar-refractivity contribution is 8.01. The Morgan fingerprint density at radius 1 is 1.17 bits per heavy atom. The number of nitrogens with one attached hydrogen (secondary N) is 1. The first kappa shape index (κ1) is 16.9. The number of nitrogens with zero attached hydrogens (tertiary/aromatic N) is 1. The second-order valence-electron chi connectivity index (χ2n) is 4.85. The van der Waals surface area contributed by atoms with Crippen molar-refractivity contribution < 1.29 is 13.2 Å². The third kappa shape index (κ3) is 4.12. The van der Waals surface area contributed by atoms with Gasteiger partial charge in [0.25, 0.3) is 0 Å². The average molecular weight is 379 g/mol. The maximum Gasteiger partial charge on any atom is 0.238 e. The van der Waals surface area contributed by atoms with E-state index >= 15 is 0 Å². The molecule has 124 valence electrons. The van der Waals surface area contributed by atoms with Gasteiger partial charge in [-0.15, -0.1) is 11.3 Å². The van der Waals surface area contributed by atoms with E-state index in [1.807, 2.05) is 24.3 Å². The van der Waals surface area contributed by atoms with E-state index < -0.39 is 10.0 Å². The summed E-state index contributed by atoms with van der Waals surface area (Å²) in [6.07, 6.45) is 0. The number of benzene rings is 2. The topological polar surface area (TPSA) is 102 Å². The summed E-state index contributed by atoms with van der Waals surface area (Å²) >= 11 is 2.90.